The second-order valence-corrected chi connectivity index (χ2v) is 8.16. The molecular formula is C17H16N2O5S. The molecule has 1 N–H and O–H groups in total. The van der Waals surface area contributed by atoms with Crippen molar-refractivity contribution in [3.05, 3.63) is 69.8 Å². The molecule has 1 aliphatic heterocycles. The maximum atomic E-state index is 12.4. The van der Waals surface area contributed by atoms with E-state index < -0.39 is 14.8 Å². The van der Waals surface area contributed by atoms with E-state index in [2.05, 4.69) is 5.32 Å². The van der Waals surface area contributed by atoms with Crippen LogP contribution in [0.25, 0.3) is 0 Å². The van der Waals surface area contributed by atoms with Crippen LogP contribution in [0.15, 0.2) is 48.5 Å². The van der Waals surface area contributed by atoms with Crippen molar-refractivity contribution in [2.24, 2.45) is 0 Å². The highest BCUT2D eigenvalue weighted by Gasteiger charge is 2.29. The number of ketones is 1. The summed E-state index contributed by atoms with van der Waals surface area (Å²) < 4.78 is 23.1. The number of anilines is 1. The third-order valence-corrected chi connectivity index (χ3v) is 5.85. The van der Waals surface area contributed by atoms with Crippen LogP contribution in [0.3, 0.4) is 0 Å². The molecule has 0 aliphatic carbocycles. The van der Waals surface area contributed by atoms with Crippen molar-refractivity contribution >= 4 is 27.0 Å². The predicted molar refractivity (Wildman–Crippen MR) is 93.7 cm³/mol. The van der Waals surface area contributed by atoms with Crippen LogP contribution in [0, 0.1) is 10.1 Å². The van der Waals surface area contributed by atoms with Crippen LogP contribution >= 0.6 is 0 Å². The molecule has 2 aromatic rings. The first kappa shape index (κ1) is 17.1. The Balaban J connectivity index is 1.89. The number of rotatable bonds is 5. The summed E-state index contributed by atoms with van der Waals surface area (Å²) >= 11 is 0. The average Bonchev–Trinajstić information content (AvgIpc) is 2.93. The van der Waals surface area contributed by atoms with Gasteiger partial charge in [0.25, 0.3) is 5.69 Å². The van der Waals surface area contributed by atoms with Crippen LogP contribution in [0.5, 0.6) is 0 Å². The molecule has 1 atom stereocenters. The Kier molecular flexibility index (Phi) is 4.54. The number of hydrogen-bond acceptors (Lipinski definition) is 6. The highest BCUT2D eigenvalue weighted by Crippen LogP contribution is 2.29. The third kappa shape index (κ3) is 3.85. The zero-order valence-electron chi connectivity index (χ0n) is 13.2. The summed E-state index contributed by atoms with van der Waals surface area (Å²) in [5.74, 6) is -0.281. The van der Waals surface area contributed by atoms with Crippen molar-refractivity contribution in [3.8, 4) is 0 Å². The lowest BCUT2D eigenvalue weighted by molar-refractivity contribution is -0.384. The largest absolute Gasteiger partial charge is 0.376 e. The molecule has 0 bridgehead atoms. The molecule has 0 saturated carbocycles. The lowest BCUT2D eigenvalue weighted by Gasteiger charge is -2.13. The molecule has 8 heteroatoms. The Morgan fingerprint density at radius 2 is 1.84 bits per heavy atom. The van der Waals surface area contributed by atoms with Gasteiger partial charge in [0.15, 0.2) is 15.6 Å². The molecular weight excluding hydrogens is 344 g/mol. The lowest BCUT2D eigenvalue weighted by atomic mass is 10.0. The fourth-order valence-electron chi connectivity index (χ4n) is 2.83. The van der Waals surface area contributed by atoms with E-state index in [0.29, 0.717) is 12.0 Å². The van der Waals surface area contributed by atoms with Gasteiger partial charge < -0.3 is 5.32 Å². The Bertz CT molecular complexity index is 925. The van der Waals surface area contributed by atoms with Crippen LogP contribution in [-0.2, 0) is 9.84 Å². The van der Waals surface area contributed by atoms with E-state index in [9.17, 15) is 23.3 Å². The molecule has 130 valence electrons. The van der Waals surface area contributed by atoms with Crippen LogP contribution in [0.1, 0.15) is 22.3 Å². The van der Waals surface area contributed by atoms with Gasteiger partial charge in [0, 0.05) is 23.2 Å². The number of nitrogens with zero attached hydrogens (tertiary/aromatic N) is 1. The number of carbonyl (C=O) groups is 1. The van der Waals surface area contributed by atoms with Gasteiger partial charge >= 0.3 is 0 Å². The van der Waals surface area contributed by atoms with Crippen LogP contribution in [0.4, 0.5) is 11.4 Å². The SMILES string of the molecule is O=C(c1ccccc1)c1ccc(N[C@H]2CCS(=O)(=O)C2)c([N+](=O)[O-])c1. The van der Waals surface area contributed by atoms with E-state index in [4.69, 9.17) is 0 Å². The predicted octanol–water partition coefficient (Wildman–Crippen LogP) is 2.42. The van der Waals surface area contributed by atoms with Crippen LogP contribution in [-0.4, -0.2) is 36.7 Å². The van der Waals surface area contributed by atoms with Crippen molar-refractivity contribution < 1.29 is 18.1 Å². The van der Waals surface area contributed by atoms with Crippen molar-refractivity contribution in [2.45, 2.75) is 12.5 Å². The lowest BCUT2D eigenvalue weighted by Crippen LogP contribution is -2.21. The summed E-state index contributed by atoms with van der Waals surface area (Å²) in [6.07, 6.45) is 0.407. The molecule has 7 nitrogen and oxygen atoms in total. The highest BCUT2D eigenvalue weighted by molar-refractivity contribution is 7.91. The first-order valence-corrected chi connectivity index (χ1v) is 9.53. The van der Waals surface area contributed by atoms with Crippen molar-refractivity contribution in [1.82, 2.24) is 0 Å². The van der Waals surface area contributed by atoms with Gasteiger partial charge in [0.2, 0.25) is 0 Å². The van der Waals surface area contributed by atoms with Gasteiger partial charge in [-0.05, 0) is 18.6 Å². The van der Waals surface area contributed by atoms with E-state index in [1.54, 1.807) is 30.3 Å². The normalized spacial score (nSPS) is 18.6. The molecule has 0 spiro atoms. The minimum Gasteiger partial charge on any atom is -0.376 e. The number of nitro benzene ring substituents is 1. The Morgan fingerprint density at radius 3 is 2.44 bits per heavy atom. The van der Waals surface area contributed by atoms with Gasteiger partial charge in [-0.1, -0.05) is 30.3 Å². The number of benzene rings is 2. The molecule has 2 aromatic carbocycles. The summed E-state index contributed by atoms with van der Waals surface area (Å²) in [7, 11) is -3.09. The van der Waals surface area contributed by atoms with Crippen LogP contribution in [0.2, 0.25) is 0 Å². The Morgan fingerprint density at radius 1 is 1.12 bits per heavy atom. The fraction of sp³-hybridized carbons (Fsp3) is 0.235. The summed E-state index contributed by atoms with van der Waals surface area (Å²) in [6, 6.07) is 12.3. The molecule has 1 heterocycles. The standard InChI is InChI=1S/C17H16N2O5S/c20-17(12-4-2-1-3-5-12)13-6-7-15(16(10-13)19(21)22)18-14-8-9-25(23,24)11-14/h1-7,10,14,18H,8-9,11H2/t14-/m0/s1. The third-order valence-electron chi connectivity index (χ3n) is 4.08. The van der Waals surface area contributed by atoms with E-state index >= 15 is 0 Å². The molecule has 1 saturated heterocycles. The minimum atomic E-state index is -3.09. The number of hydrogen-bond donors (Lipinski definition) is 1. The first-order valence-electron chi connectivity index (χ1n) is 7.71. The molecule has 1 fully saturated rings. The van der Waals surface area contributed by atoms with Crippen molar-refractivity contribution in [2.75, 3.05) is 16.8 Å². The van der Waals surface area contributed by atoms with Crippen LogP contribution < -0.4 is 5.32 Å². The second-order valence-electron chi connectivity index (χ2n) is 5.93. The van der Waals surface area contributed by atoms with Gasteiger partial charge in [-0.25, -0.2) is 8.42 Å². The molecule has 0 aromatic heterocycles. The maximum absolute atomic E-state index is 12.4. The molecule has 1 aliphatic rings. The summed E-state index contributed by atoms with van der Waals surface area (Å²) in [4.78, 5) is 23.2. The Hall–Kier alpha value is -2.74. The second kappa shape index (κ2) is 6.64. The van der Waals surface area contributed by atoms with Crippen molar-refractivity contribution in [3.63, 3.8) is 0 Å². The van der Waals surface area contributed by atoms with Gasteiger partial charge in [0.05, 0.1) is 16.4 Å². The van der Waals surface area contributed by atoms with E-state index in [1.807, 2.05) is 0 Å². The van der Waals surface area contributed by atoms with E-state index in [0.717, 1.165) is 0 Å². The quantitative estimate of drug-likeness (QED) is 0.499. The number of nitro groups is 1. The topological polar surface area (TPSA) is 106 Å². The van der Waals surface area contributed by atoms with Crippen molar-refractivity contribution in [1.29, 1.82) is 0 Å². The zero-order valence-corrected chi connectivity index (χ0v) is 14.0. The van der Waals surface area contributed by atoms with Gasteiger partial charge in [-0.2, -0.15) is 0 Å². The fourth-order valence-corrected chi connectivity index (χ4v) is 4.50. The van der Waals surface area contributed by atoms with Gasteiger partial charge in [-0.15, -0.1) is 0 Å². The van der Waals surface area contributed by atoms with Gasteiger partial charge in [0.1, 0.15) is 5.69 Å². The average molecular weight is 360 g/mol. The smallest absolute Gasteiger partial charge is 0.293 e. The maximum Gasteiger partial charge on any atom is 0.293 e. The number of nitrogens with one attached hydrogen (secondary N) is 1. The summed E-state index contributed by atoms with van der Waals surface area (Å²) in [5, 5.41) is 14.3. The monoisotopic (exact) mass is 360 g/mol. The first-order chi connectivity index (χ1) is 11.9. The number of sulfone groups is 1. The van der Waals surface area contributed by atoms with E-state index in [1.165, 1.54) is 18.2 Å². The van der Waals surface area contributed by atoms with E-state index in [-0.39, 0.29) is 40.3 Å². The zero-order chi connectivity index (χ0) is 18.0. The van der Waals surface area contributed by atoms with Gasteiger partial charge in [-0.3, -0.25) is 14.9 Å². The Labute approximate surface area is 144 Å². The molecule has 0 amide bonds. The highest BCUT2D eigenvalue weighted by atomic mass is 32.2. The summed E-state index contributed by atoms with van der Waals surface area (Å²) in [6.45, 7) is 0. The molecule has 0 unspecified atom stereocenters. The summed E-state index contributed by atoms with van der Waals surface area (Å²) in [5.41, 5.74) is 0.629. The molecule has 0 radical (unpaired) electrons. The molecule has 25 heavy (non-hydrogen) atoms. The molecule has 3 rings (SSSR count). The minimum absolute atomic E-state index is 0.0468. The number of carbonyl (C=O) groups excluding carboxylic acids is 1.